The average molecular weight is 227 g/mol. The third kappa shape index (κ3) is 2.47. The zero-order valence-corrected chi connectivity index (χ0v) is 9.79. The Kier molecular flexibility index (Phi) is 3.45. The number of oxazole rings is 1. The third-order valence-corrected chi connectivity index (χ3v) is 2.27. The van der Waals surface area contributed by atoms with E-state index >= 15 is 0 Å². The lowest BCUT2D eigenvalue weighted by Gasteiger charge is -2.01. The predicted molar refractivity (Wildman–Crippen MR) is 66.0 cm³/mol. The first-order chi connectivity index (χ1) is 8.35. The molecular formula is C13H13N3O. The first kappa shape index (κ1) is 11.3. The molecular weight excluding hydrogens is 214 g/mol. The van der Waals surface area contributed by atoms with Crippen LogP contribution in [0.15, 0.2) is 47.5 Å². The van der Waals surface area contributed by atoms with Gasteiger partial charge < -0.3 is 4.42 Å². The first-order valence-electron chi connectivity index (χ1n) is 5.36. The van der Waals surface area contributed by atoms with Crippen molar-refractivity contribution in [1.29, 1.82) is 0 Å². The molecule has 2 aromatic rings. The molecule has 0 spiro atoms. The topological polar surface area (TPSA) is 51.8 Å². The van der Waals surface area contributed by atoms with Crippen LogP contribution in [0.4, 0.5) is 0 Å². The number of nitrogens with zero attached hydrogens (tertiary/aromatic N) is 3. The molecule has 0 aliphatic rings. The van der Waals surface area contributed by atoms with Gasteiger partial charge in [0.05, 0.1) is 11.9 Å². The molecule has 0 aliphatic carbocycles. The van der Waals surface area contributed by atoms with E-state index in [1.54, 1.807) is 6.20 Å². The minimum Gasteiger partial charge on any atom is -0.443 e. The van der Waals surface area contributed by atoms with Crippen molar-refractivity contribution in [3.8, 4) is 11.6 Å². The second-order valence-electron chi connectivity index (χ2n) is 3.37. The van der Waals surface area contributed by atoms with E-state index in [0.29, 0.717) is 11.6 Å². The van der Waals surface area contributed by atoms with Gasteiger partial charge in [-0.1, -0.05) is 18.2 Å². The molecule has 2 heterocycles. The van der Waals surface area contributed by atoms with Crippen molar-refractivity contribution in [2.24, 2.45) is 0 Å². The monoisotopic (exact) mass is 227 g/mol. The van der Waals surface area contributed by atoms with Crippen LogP contribution in [0.3, 0.4) is 0 Å². The van der Waals surface area contributed by atoms with Gasteiger partial charge in [-0.05, 0) is 25.5 Å². The smallest absolute Gasteiger partial charge is 0.245 e. The molecule has 86 valence electrons. The van der Waals surface area contributed by atoms with Crippen molar-refractivity contribution in [2.75, 3.05) is 0 Å². The molecule has 2 rings (SSSR count). The van der Waals surface area contributed by atoms with Gasteiger partial charge in [-0.3, -0.25) is 0 Å². The molecule has 0 aliphatic heterocycles. The van der Waals surface area contributed by atoms with Crippen molar-refractivity contribution in [1.82, 2.24) is 15.0 Å². The third-order valence-electron chi connectivity index (χ3n) is 2.27. The number of hydrogen-bond donors (Lipinski definition) is 0. The fourth-order valence-electron chi connectivity index (χ4n) is 1.49. The van der Waals surface area contributed by atoms with Gasteiger partial charge in [-0.15, -0.1) is 0 Å². The number of rotatable bonds is 3. The fraction of sp³-hybridized carbons (Fsp3) is 0.154. The zero-order chi connectivity index (χ0) is 12.1. The van der Waals surface area contributed by atoms with Crippen LogP contribution in [0.25, 0.3) is 17.2 Å². The van der Waals surface area contributed by atoms with Crippen LogP contribution >= 0.6 is 0 Å². The van der Waals surface area contributed by atoms with Crippen molar-refractivity contribution >= 4 is 5.57 Å². The highest BCUT2D eigenvalue weighted by Gasteiger charge is 2.06. The minimum absolute atomic E-state index is 0.504. The quantitative estimate of drug-likeness (QED) is 0.756. The van der Waals surface area contributed by atoms with Crippen LogP contribution in [-0.2, 0) is 0 Å². The fourth-order valence-corrected chi connectivity index (χ4v) is 1.49. The van der Waals surface area contributed by atoms with Gasteiger partial charge in [0.2, 0.25) is 5.89 Å². The normalized spacial score (nSPS) is 12.2. The van der Waals surface area contributed by atoms with E-state index < -0.39 is 0 Å². The summed E-state index contributed by atoms with van der Waals surface area (Å²) in [6.45, 7) is 3.95. The Morgan fingerprint density at radius 3 is 2.76 bits per heavy atom. The Balaban J connectivity index is 2.41. The number of allylic oxidation sites excluding steroid dienone is 4. The van der Waals surface area contributed by atoms with Crippen LogP contribution < -0.4 is 0 Å². The maximum Gasteiger partial charge on any atom is 0.245 e. The van der Waals surface area contributed by atoms with Crippen LogP contribution in [0.1, 0.15) is 19.5 Å². The highest BCUT2D eigenvalue weighted by molar-refractivity contribution is 5.72. The number of aromatic nitrogens is 3. The summed E-state index contributed by atoms with van der Waals surface area (Å²) in [5, 5.41) is 0. The molecule has 0 bridgehead atoms. The molecule has 0 aromatic carbocycles. The van der Waals surface area contributed by atoms with Crippen LogP contribution in [0.5, 0.6) is 0 Å². The summed E-state index contributed by atoms with van der Waals surface area (Å²) in [7, 11) is 0. The molecule has 0 saturated carbocycles. The zero-order valence-electron chi connectivity index (χ0n) is 9.79. The molecule has 0 saturated heterocycles. The maximum absolute atomic E-state index is 5.21. The molecule has 0 radical (unpaired) electrons. The lowest BCUT2D eigenvalue weighted by molar-refractivity contribution is 0.572. The summed E-state index contributed by atoms with van der Waals surface area (Å²) in [6, 6.07) is 1.86. The second-order valence-corrected chi connectivity index (χ2v) is 3.37. The molecule has 0 fully saturated rings. The summed E-state index contributed by atoms with van der Waals surface area (Å²) in [5.74, 6) is 0.504. The highest BCUT2D eigenvalue weighted by Crippen LogP contribution is 2.19. The van der Waals surface area contributed by atoms with E-state index in [1.165, 1.54) is 12.6 Å². The van der Waals surface area contributed by atoms with E-state index in [9.17, 15) is 0 Å². The van der Waals surface area contributed by atoms with Gasteiger partial charge in [0.1, 0.15) is 18.3 Å². The summed E-state index contributed by atoms with van der Waals surface area (Å²) in [5.41, 5.74) is 2.58. The van der Waals surface area contributed by atoms with Gasteiger partial charge in [-0.25, -0.2) is 15.0 Å². The van der Waals surface area contributed by atoms with E-state index in [2.05, 4.69) is 15.0 Å². The van der Waals surface area contributed by atoms with E-state index in [-0.39, 0.29) is 0 Å². The lowest BCUT2D eigenvalue weighted by Crippen LogP contribution is -1.91. The van der Waals surface area contributed by atoms with Gasteiger partial charge in [-0.2, -0.15) is 0 Å². The van der Waals surface area contributed by atoms with E-state index in [1.807, 2.05) is 38.1 Å². The van der Waals surface area contributed by atoms with Gasteiger partial charge in [0, 0.05) is 0 Å². The summed E-state index contributed by atoms with van der Waals surface area (Å²) in [4.78, 5) is 12.4. The van der Waals surface area contributed by atoms with E-state index in [0.717, 1.165) is 11.3 Å². The van der Waals surface area contributed by atoms with Crippen molar-refractivity contribution in [3.05, 3.63) is 48.8 Å². The van der Waals surface area contributed by atoms with Gasteiger partial charge in [0.25, 0.3) is 0 Å². The molecule has 2 aromatic heterocycles. The predicted octanol–water partition coefficient (Wildman–Crippen LogP) is 3.11. The van der Waals surface area contributed by atoms with Gasteiger partial charge >= 0.3 is 0 Å². The second kappa shape index (κ2) is 5.21. The van der Waals surface area contributed by atoms with Crippen LogP contribution in [0.2, 0.25) is 0 Å². The summed E-state index contributed by atoms with van der Waals surface area (Å²) >= 11 is 0. The molecule has 0 N–H and O–H groups in total. The van der Waals surface area contributed by atoms with Crippen molar-refractivity contribution in [2.45, 2.75) is 13.8 Å². The summed E-state index contributed by atoms with van der Waals surface area (Å²) in [6.07, 6.45) is 10.6. The Labute approximate surface area is 99.8 Å². The van der Waals surface area contributed by atoms with E-state index in [4.69, 9.17) is 4.42 Å². The largest absolute Gasteiger partial charge is 0.443 e. The molecule has 0 amide bonds. The lowest BCUT2D eigenvalue weighted by atomic mass is 10.1. The average Bonchev–Trinajstić information content (AvgIpc) is 2.90. The van der Waals surface area contributed by atoms with Crippen molar-refractivity contribution in [3.63, 3.8) is 0 Å². The maximum atomic E-state index is 5.21. The Hall–Kier alpha value is -2.23. The SMILES string of the molecule is C/C=C\C(=C/C)c1cc(-c2ncco2)ncn1. The highest BCUT2D eigenvalue weighted by atomic mass is 16.3. The summed E-state index contributed by atoms with van der Waals surface area (Å²) < 4.78 is 5.21. The molecule has 0 unspecified atom stereocenters. The van der Waals surface area contributed by atoms with Crippen LogP contribution in [-0.4, -0.2) is 15.0 Å². The molecule has 4 nitrogen and oxygen atoms in total. The Bertz CT molecular complexity index is 542. The van der Waals surface area contributed by atoms with Gasteiger partial charge in [0.15, 0.2) is 0 Å². The minimum atomic E-state index is 0.504. The van der Waals surface area contributed by atoms with Crippen molar-refractivity contribution < 1.29 is 4.42 Å². The Morgan fingerprint density at radius 1 is 1.24 bits per heavy atom. The Morgan fingerprint density at radius 2 is 2.12 bits per heavy atom. The molecule has 4 heteroatoms. The first-order valence-corrected chi connectivity index (χ1v) is 5.36. The van der Waals surface area contributed by atoms with Crippen LogP contribution in [0, 0.1) is 0 Å². The molecule has 0 atom stereocenters. The number of hydrogen-bond acceptors (Lipinski definition) is 4. The molecule has 17 heavy (non-hydrogen) atoms. The standard InChI is InChI=1S/C13H13N3O/c1-3-5-10(4-2)11-8-12(16-9-15-11)13-14-6-7-17-13/h3-9H,1-2H3/b5-3-,10-4+.